The summed E-state index contributed by atoms with van der Waals surface area (Å²) in [5, 5.41) is 4.14. The van der Waals surface area contributed by atoms with E-state index >= 15 is 0 Å². The SMILES string of the molecule is CCn1cc(OC2CC(N)C2OC)cn1. The van der Waals surface area contributed by atoms with E-state index in [2.05, 4.69) is 5.10 Å². The van der Waals surface area contributed by atoms with Crippen LogP contribution < -0.4 is 10.5 Å². The molecule has 1 aromatic rings. The smallest absolute Gasteiger partial charge is 0.157 e. The molecule has 1 aliphatic rings. The van der Waals surface area contributed by atoms with Crippen LogP contribution in [0.3, 0.4) is 0 Å². The molecule has 1 saturated carbocycles. The summed E-state index contributed by atoms with van der Waals surface area (Å²) < 4.78 is 12.8. The molecule has 2 N–H and O–H groups in total. The zero-order valence-electron chi connectivity index (χ0n) is 9.09. The van der Waals surface area contributed by atoms with Gasteiger partial charge in [-0.2, -0.15) is 5.10 Å². The van der Waals surface area contributed by atoms with E-state index in [0.717, 1.165) is 18.7 Å². The fourth-order valence-corrected chi connectivity index (χ4v) is 1.81. The van der Waals surface area contributed by atoms with E-state index in [4.69, 9.17) is 15.2 Å². The second-order valence-corrected chi connectivity index (χ2v) is 3.79. The molecule has 1 aromatic heterocycles. The molecule has 1 heterocycles. The average Bonchev–Trinajstić information content (AvgIpc) is 2.65. The third-order valence-corrected chi connectivity index (χ3v) is 2.79. The van der Waals surface area contributed by atoms with Crippen molar-refractivity contribution in [1.82, 2.24) is 9.78 Å². The Balaban J connectivity index is 1.92. The Morgan fingerprint density at radius 1 is 1.67 bits per heavy atom. The fourth-order valence-electron chi connectivity index (χ4n) is 1.81. The van der Waals surface area contributed by atoms with E-state index in [1.54, 1.807) is 13.3 Å². The van der Waals surface area contributed by atoms with Gasteiger partial charge in [0.1, 0.15) is 12.2 Å². The molecule has 1 aliphatic carbocycles. The third-order valence-electron chi connectivity index (χ3n) is 2.79. The van der Waals surface area contributed by atoms with Crippen molar-refractivity contribution >= 4 is 0 Å². The summed E-state index contributed by atoms with van der Waals surface area (Å²) in [5.74, 6) is 0.788. The van der Waals surface area contributed by atoms with E-state index in [1.807, 2.05) is 17.8 Å². The van der Waals surface area contributed by atoms with Crippen LogP contribution in [0, 0.1) is 0 Å². The van der Waals surface area contributed by atoms with E-state index < -0.39 is 0 Å². The number of rotatable bonds is 4. The molecule has 0 spiro atoms. The van der Waals surface area contributed by atoms with Crippen molar-refractivity contribution in [3.05, 3.63) is 12.4 Å². The topological polar surface area (TPSA) is 62.3 Å². The molecule has 5 heteroatoms. The highest BCUT2D eigenvalue weighted by Crippen LogP contribution is 2.26. The van der Waals surface area contributed by atoms with Gasteiger partial charge in [-0.15, -0.1) is 0 Å². The Labute approximate surface area is 89.2 Å². The maximum atomic E-state index is 5.78. The van der Waals surface area contributed by atoms with Gasteiger partial charge in [0.15, 0.2) is 5.75 Å². The quantitative estimate of drug-likeness (QED) is 0.783. The average molecular weight is 211 g/mol. The number of nitrogens with two attached hydrogens (primary N) is 1. The van der Waals surface area contributed by atoms with Crippen LogP contribution in [0.4, 0.5) is 0 Å². The number of methoxy groups -OCH3 is 1. The highest BCUT2D eigenvalue weighted by Gasteiger charge is 2.41. The molecular formula is C10H17N3O2. The maximum Gasteiger partial charge on any atom is 0.157 e. The zero-order valence-corrected chi connectivity index (χ0v) is 9.09. The molecule has 0 bridgehead atoms. The van der Waals surface area contributed by atoms with Gasteiger partial charge in [0.05, 0.1) is 12.4 Å². The predicted molar refractivity (Wildman–Crippen MR) is 55.7 cm³/mol. The summed E-state index contributed by atoms with van der Waals surface area (Å²) in [6.45, 7) is 2.88. The number of aryl methyl sites for hydroxylation is 1. The van der Waals surface area contributed by atoms with Gasteiger partial charge in [0, 0.05) is 26.1 Å². The minimum absolute atomic E-state index is 0.00924. The molecule has 5 nitrogen and oxygen atoms in total. The van der Waals surface area contributed by atoms with Crippen LogP contribution >= 0.6 is 0 Å². The molecule has 0 amide bonds. The summed E-state index contributed by atoms with van der Waals surface area (Å²) in [7, 11) is 1.66. The van der Waals surface area contributed by atoms with E-state index in [0.29, 0.717) is 0 Å². The van der Waals surface area contributed by atoms with Crippen molar-refractivity contribution in [2.24, 2.45) is 5.73 Å². The maximum absolute atomic E-state index is 5.78. The van der Waals surface area contributed by atoms with Crippen LogP contribution in [0.25, 0.3) is 0 Å². The van der Waals surface area contributed by atoms with Gasteiger partial charge < -0.3 is 15.2 Å². The Morgan fingerprint density at radius 2 is 2.47 bits per heavy atom. The lowest BCUT2D eigenvalue weighted by atomic mass is 9.86. The molecule has 2 rings (SSSR count). The molecule has 0 aliphatic heterocycles. The first-order valence-electron chi connectivity index (χ1n) is 5.22. The van der Waals surface area contributed by atoms with Gasteiger partial charge in [0.2, 0.25) is 0 Å². The lowest BCUT2D eigenvalue weighted by Crippen LogP contribution is -2.59. The number of ether oxygens (including phenoxy) is 2. The van der Waals surface area contributed by atoms with Crippen LogP contribution in [0.1, 0.15) is 13.3 Å². The normalized spacial score (nSPS) is 29.9. The second-order valence-electron chi connectivity index (χ2n) is 3.79. The van der Waals surface area contributed by atoms with Gasteiger partial charge in [-0.3, -0.25) is 4.68 Å². The highest BCUT2D eigenvalue weighted by molar-refractivity contribution is 5.14. The Bertz CT molecular complexity index is 326. The number of nitrogens with zero attached hydrogens (tertiary/aromatic N) is 2. The van der Waals surface area contributed by atoms with Crippen LogP contribution in [0.5, 0.6) is 5.75 Å². The van der Waals surface area contributed by atoms with Crippen LogP contribution in [-0.2, 0) is 11.3 Å². The lowest BCUT2D eigenvalue weighted by Gasteiger charge is -2.40. The molecule has 3 atom stereocenters. The van der Waals surface area contributed by atoms with Crippen LogP contribution in [0.2, 0.25) is 0 Å². The first kappa shape index (κ1) is 10.4. The minimum Gasteiger partial charge on any atom is -0.484 e. The largest absolute Gasteiger partial charge is 0.484 e. The fraction of sp³-hybridized carbons (Fsp3) is 0.700. The molecule has 84 valence electrons. The standard InChI is InChI=1S/C10H17N3O2/c1-3-13-6-7(5-12-13)15-9-4-8(11)10(9)14-2/h5-6,8-10H,3-4,11H2,1-2H3. The van der Waals surface area contributed by atoms with Crippen LogP contribution in [-0.4, -0.2) is 35.1 Å². The van der Waals surface area contributed by atoms with Crippen LogP contribution in [0.15, 0.2) is 12.4 Å². The number of hydrogen-bond acceptors (Lipinski definition) is 4. The van der Waals surface area contributed by atoms with Gasteiger partial charge in [0.25, 0.3) is 0 Å². The van der Waals surface area contributed by atoms with Gasteiger partial charge in [-0.25, -0.2) is 0 Å². The van der Waals surface area contributed by atoms with Crippen molar-refractivity contribution in [3.63, 3.8) is 0 Å². The van der Waals surface area contributed by atoms with Gasteiger partial charge >= 0.3 is 0 Å². The monoisotopic (exact) mass is 211 g/mol. The molecule has 0 radical (unpaired) electrons. The van der Waals surface area contributed by atoms with Gasteiger partial charge in [-0.05, 0) is 6.92 Å². The number of aromatic nitrogens is 2. The van der Waals surface area contributed by atoms with Crippen molar-refractivity contribution in [2.45, 2.75) is 38.1 Å². The summed E-state index contributed by atoms with van der Waals surface area (Å²) in [6.07, 6.45) is 4.53. The molecule has 0 aromatic carbocycles. The minimum atomic E-state index is 0.00924. The highest BCUT2D eigenvalue weighted by atomic mass is 16.5. The zero-order chi connectivity index (χ0) is 10.8. The molecule has 1 fully saturated rings. The van der Waals surface area contributed by atoms with Crippen molar-refractivity contribution in [1.29, 1.82) is 0 Å². The summed E-state index contributed by atoms with van der Waals surface area (Å²) in [6, 6.07) is 0.0984. The van der Waals surface area contributed by atoms with E-state index in [9.17, 15) is 0 Å². The van der Waals surface area contributed by atoms with E-state index in [-0.39, 0.29) is 18.2 Å². The summed E-state index contributed by atoms with van der Waals surface area (Å²) in [5.41, 5.74) is 5.78. The lowest BCUT2D eigenvalue weighted by molar-refractivity contribution is -0.0782. The van der Waals surface area contributed by atoms with E-state index in [1.165, 1.54) is 0 Å². The Hall–Kier alpha value is -1.07. The Morgan fingerprint density at radius 3 is 3.00 bits per heavy atom. The Kier molecular flexibility index (Phi) is 2.93. The van der Waals surface area contributed by atoms with Crippen molar-refractivity contribution < 1.29 is 9.47 Å². The first-order chi connectivity index (χ1) is 7.24. The molecule has 3 unspecified atom stereocenters. The van der Waals surface area contributed by atoms with Gasteiger partial charge in [-0.1, -0.05) is 0 Å². The molecular weight excluding hydrogens is 194 g/mol. The molecule has 0 saturated heterocycles. The second kappa shape index (κ2) is 4.20. The summed E-state index contributed by atoms with van der Waals surface area (Å²) in [4.78, 5) is 0. The predicted octanol–water partition coefficient (Wildman–Crippen LogP) is 0.396. The summed E-state index contributed by atoms with van der Waals surface area (Å²) >= 11 is 0. The first-order valence-corrected chi connectivity index (χ1v) is 5.22. The number of hydrogen-bond donors (Lipinski definition) is 1. The molecule has 15 heavy (non-hydrogen) atoms. The third kappa shape index (κ3) is 1.98. The van der Waals surface area contributed by atoms with Crippen molar-refractivity contribution in [2.75, 3.05) is 7.11 Å². The van der Waals surface area contributed by atoms with Crippen molar-refractivity contribution in [3.8, 4) is 5.75 Å².